The van der Waals surface area contributed by atoms with Crippen molar-refractivity contribution in [2.75, 3.05) is 0 Å². The van der Waals surface area contributed by atoms with Gasteiger partial charge in [0.25, 0.3) is 0 Å². The zero-order valence-electron chi connectivity index (χ0n) is 13.6. The number of carbonyl (C=O) groups excluding carboxylic acids is 1. The maximum Gasteiger partial charge on any atom is 0.331 e. The minimum Gasteiger partial charge on any atom is -0.481 e. The molecule has 0 aliphatic rings. The van der Waals surface area contributed by atoms with E-state index in [-0.39, 0.29) is 0 Å². The van der Waals surface area contributed by atoms with Gasteiger partial charge in [-0.2, -0.15) is 0 Å². The number of hydrogen-bond donors (Lipinski definition) is 1. The first-order chi connectivity index (χ1) is 10.3. The van der Waals surface area contributed by atoms with Crippen LogP contribution in [0.3, 0.4) is 0 Å². The van der Waals surface area contributed by atoms with E-state index in [9.17, 15) is 14.7 Å². The van der Waals surface area contributed by atoms with E-state index in [4.69, 9.17) is 4.74 Å². The molecular weight excluding hydrogens is 280 g/mol. The van der Waals surface area contributed by atoms with Gasteiger partial charge in [0.15, 0.2) is 0 Å². The van der Waals surface area contributed by atoms with E-state index in [1.165, 1.54) is 6.08 Å². The van der Waals surface area contributed by atoms with Crippen molar-refractivity contribution in [3.63, 3.8) is 0 Å². The van der Waals surface area contributed by atoms with Crippen molar-refractivity contribution < 1.29 is 19.4 Å². The minimum absolute atomic E-state index is 0.457. The van der Waals surface area contributed by atoms with Crippen LogP contribution in [0.5, 0.6) is 0 Å². The van der Waals surface area contributed by atoms with E-state index in [0.29, 0.717) is 6.42 Å². The first-order valence-electron chi connectivity index (χ1n) is 7.42. The summed E-state index contributed by atoms with van der Waals surface area (Å²) >= 11 is 0. The van der Waals surface area contributed by atoms with E-state index >= 15 is 0 Å². The number of carbonyl (C=O) groups is 2. The summed E-state index contributed by atoms with van der Waals surface area (Å²) in [5, 5.41) is 9.42. The van der Waals surface area contributed by atoms with Gasteiger partial charge in [0, 0.05) is 6.08 Å². The minimum atomic E-state index is -0.945. The fraction of sp³-hybridized carbons (Fsp3) is 0.444. The monoisotopic (exact) mass is 304 g/mol. The van der Waals surface area contributed by atoms with E-state index < -0.39 is 29.4 Å². The van der Waals surface area contributed by atoms with Gasteiger partial charge < -0.3 is 9.84 Å². The standard InChI is InChI=1S/C18H24O4/c1-5-14(16(17(20)21)18(2,3)4)22-15(19)12-11-13-9-7-6-8-10-13/h6-12,14,16H,5H2,1-4H3,(H,20,21)/b12-11+. The third kappa shape index (κ3) is 5.35. The van der Waals surface area contributed by atoms with Gasteiger partial charge in [0.1, 0.15) is 6.10 Å². The molecule has 1 N–H and O–H groups in total. The second kappa shape index (κ2) is 7.78. The molecule has 0 saturated heterocycles. The fourth-order valence-corrected chi connectivity index (χ4v) is 2.39. The lowest BCUT2D eigenvalue weighted by Crippen LogP contribution is -2.40. The number of carboxylic acids is 1. The topological polar surface area (TPSA) is 63.6 Å². The second-order valence-electron chi connectivity index (χ2n) is 6.31. The molecule has 0 radical (unpaired) electrons. The molecule has 0 saturated carbocycles. The lowest BCUT2D eigenvalue weighted by Gasteiger charge is -2.32. The van der Waals surface area contributed by atoms with Gasteiger partial charge >= 0.3 is 11.9 Å². The van der Waals surface area contributed by atoms with Gasteiger partial charge in [-0.05, 0) is 23.5 Å². The molecule has 0 fully saturated rings. The summed E-state index contributed by atoms with van der Waals surface area (Å²) in [6.07, 6.45) is 2.80. The van der Waals surface area contributed by atoms with Crippen LogP contribution >= 0.6 is 0 Å². The molecule has 0 aliphatic carbocycles. The first-order valence-corrected chi connectivity index (χ1v) is 7.42. The van der Waals surface area contributed by atoms with E-state index in [2.05, 4.69) is 0 Å². The average Bonchev–Trinajstić information content (AvgIpc) is 2.43. The number of rotatable bonds is 6. The molecule has 0 bridgehead atoms. The molecule has 1 rings (SSSR count). The number of esters is 1. The smallest absolute Gasteiger partial charge is 0.331 e. The number of ether oxygens (including phenoxy) is 1. The van der Waals surface area contributed by atoms with Crippen molar-refractivity contribution in [3.05, 3.63) is 42.0 Å². The van der Waals surface area contributed by atoms with Crippen LogP contribution in [-0.2, 0) is 14.3 Å². The van der Waals surface area contributed by atoms with Crippen LogP contribution in [0.1, 0.15) is 39.7 Å². The summed E-state index contributed by atoms with van der Waals surface area (Å²) in [6, 6.07) is 9.38. The molecular formula is C18H24O4. The Morgan fingerprint density at radius 2 is 1.82 bits per heavy atom. The van der Waals surface area contributed by atoms with Gasteiger partial charge in [0.05, 0.1) is 5.92 Å². The van der Waals surface area contributed by atoms with Crippen molar-refractivity contribution >= 4 is 18.0 Å². The van der Waals surface area contributed by atoms with Gasteiger partial charge in [-0.3, -0.25) is 4.79 Å². The van der Waals surface area contributed by atoms with E-state index in [1.54, 1.807) is 6.08 Å². The molecule has 0 amide bonds. The van der Waals surface area contributed by atoms with Crippen LogP contribution in [-0.4, -0.2) is 23.1 Å². The highest BCUT2D eigenvalue weighted by molar-refractivity contribution is 5.87. The first kappa shape index (κ1) is 18.0. The summed E-state index contributed by atoms with van der Waals surface area (Å²) in [6.45, 7) is 7.33. The second-order valence-corrected chi connectivity index (χ2v) is 6.31. The van der Waals surface area contributed by atoms with Gasteiger partial charge in [0.2, 0.25) is 0 Å². The zero-order chi connectivity index (χ0) is 16.8. The number of carboxylic acid groups (broad SMARTS) is 1. The number of aliphatic carboxylic acids is 1. The van der Waals surface area contributed by atoms with Crippen LogP contribution in [0.15, 0.2) is 36.4 Å². The Morgan fingerprint density at radius 1 is 1.23 bits per heavy atom. The predicted molar refractivity (Wildman–Crippen MR) is 86.2 cm³/mol. The third-order valence-electron chi connectivity index (χ3n) is 3.45. The average molecular weight is 304 g/mol. The van der Waals surface area contributed by atoms with Crippen LogP contribution in [0, 0.1) is 11.3 Å². The SMILES string of the molecule is CCC(OC(=O)/C=C/c1ccccc1)C(C(=O)O)C(C)(C)C. The van der Waals surface area contributed by atoms with Gasteiger partial charge in [-0.15, -0.1) is 0 Å². The molecule has 22 heavy (non-hydrogen) atoms. The van der Waals surface area contributed by atoms with E-state index in [1.807, 2.05) is 58.0 Å². The predicted octanol–water partition coefficient (Wildman–Crippen LogP) is 3.77. The van der Waals surface area contributed by atoms with Gasteiger partial charge in [-0.25, -0.2) is 4.79 Å². The van der Waals surface area contributed by atoms with Gasteiger partial charge in [-0.1, -0.05) is 58.0 Å². The quantitative estimate of drug-likeness (QED) is 0.642. The summed E-state index contributed by atoms with van der Waals surface area (Å²) in [4.78, 5) is 23.4. The lowest BCUT2D eigenvalue weighted by atomic mass is 9.76. The summed E-state index contributed by atoms with van der Waals surface area (Å²) < 4.78 is 5.36. The van der Waals surface area contributed by atoms with Crippen LogP contribution in [0.2, 0.25) is 0 Å². The zero-order valence-corrected chi connectivity index (χ0v) is 13.6. The van der Waals surface area contributed by atoms with E-state index in [0.717, 1.165) is 5.56 Å². The molecule has 2 unspecified atom stereocenters. The molecule has 0 spiro atoms. The Labute approximate surface area is 131 Å². The molecule has 1 aromatic rings. The molecule has 4 heteroatoms. The Hall–Kier alpha value is -2.10. The van der Waals surface area contributed by atoms with Crippen LogP contribution < -0.4 is 0 Å². The number of hydrogen-bond acceptors (Lipinski definition) is 3. The molecule has 4 nitrogen and oxygen atoms in total. The Kier molecular flexibility index (Phi) is 6.35. The highest BCUT2D eigenvalue weighted by Gasteiger charge is 2.39. The highest BCUT2D eigenvalue weighted by atomic mass is 16.5. The van der Waals surface area contributed by atoms with Crippen LogP contribution in [0.25, 0.3) is 6.08 Å². The molecule has 0 aromatic heterocycles. The van der Waals surface area contributed by atoms with Crippen molar-refractivity contribution in [1.29, 1.82) is 0 Å². The third-order valence-corrected chi connectivity index (χ3v) is 3.45. The Bertz CT molecular complexity index is 526. The highest BCUT2D eigenvalue weighted by Crippen LogP contribution is 2.32. The number of benzene rings is 1. The Morgan fingerprint density at radius 3 is 2.27 bits per heavy atom. The molecule has 0 heterocycles. The molecule has 2 atom stereocenters. The Balaban J connectivity index is 2.78. The normalized spacial score (nSPS) is 14.5. The van der Waals surface area contributed by atoms with Crippen molar-refractivity contribution in [1.82, 2.24) is 0 Å². The molecule has 1 aromatic carbocycles. The van der Waals surface area contributed by atoms with Crippen molar-refractivity contribution in [2.24, 2.45) is 11.3 Å². The van der Waals surface area contributed by atoms with Crippen molar-refractivity contribution in [3.8, 4) is 0 Å². The summed E-state index contributed by atoms with van der Waals surface area (Å²) in [7, 11) is 0. The molecule has 120 valence electrons. The largest absolute Gasteiger partial charge is 0.481 e. The maximum absolute atomic E-state index is 11.9. The fourth-order valence-electron chi connectivity index (χ4n) is 2.39. The summed E-state index contributed by atoms with van der Waals surface area (Å²) in [5.74, 6) is -2.21. The molecule has 0 aliphatic heterocycles. The lowest BCUT2D eigenvalue weighted by molar-refractivity contribution is -0.160. The van der Waals surface area contributed by atoms with Crippen molar-refractivity contribution in [2.45, 2.75) is 40.2 Å². The van der Waals surface area contributed by atoms with Crippen LogP contribution in [0.4, 0.5) is 0 Å². The maximum atomic E-state index is 11.9. The summed E-state index contributed by atoms with van der Waals surface area (Å²) in [5.41, 5.74) is 0.397.